The minimum Gasteiger partial charge on any atom is -0.456 e. The van der Waals surface area contributed by atoms with Crippen LogP contribution in [-0.4, -0.2) is 19.5 Å². The van der Waals surface area contributed by atoms with Gasteiger partial charge in [0.2, 0.25) is 0 Å². The van der Waals surface area contributed by atoms with Crippen LogP contribution in [-0.2, 0) is 0 Å². The molecule has 0 amide bonds. The second-order valence-electron chi connectivity index (χ2n) is 15.9. The van der Waals surface area contributed by atoms with E-state index in [4.69, 9.17) is 23.8 Å². The van der Waals surface area contributed by atoms with Crippen molar-refractivity contribution in [2.45, 2.75) is 0 Å². The van der Waals surface area contributed by atoms with Crippen LogP contribution in [0.3, 0.4) is 0 Å². The molecule has 61 heavy (non-hydrogen) atoms. The second-order valence-corrected chi connectivity index (χ2v) is 15.9. The predicted molar refractivity (Wildman–Crippen MR) is 247 cm³/mol. The standard InChI is InChI=1S/C55H30N4O2/c1-2-12-32(13-3-1)53-56-54(58-55(57-53)41-22-9-20-39-36-17-6-7-24-45(36)61-52(39)41)40-21-11-25-47-49(40)42-30-33(27-29-46(42)60-47)59-43-23-10-19-38-35-16-5-4-15-34(35)37-18-8-14-31-26-28-44(59)51(48(31)37)50(38)43/h1-30H. The van der Waals surface area contributed by atoms with Gasteiger partial charge >= 0.3 is 0 Å². The summed E-state index contributed by atoms with van der Waals surface area (Å²) in [6.07, 6.45) is 0. The van der Waals surface area contributed by atoms with Crippen LogP contribution in [0.5, 0.6) is 0 Å². The van der Waals surface area contributed by atoms with Crippen molar-refractivity contribution in [3.8, 4) is 62.1 Å². The number of hydrogen-bond acceptors (Lipinski definition) is 5. The molecule has 0 saturated heterocycles. The lowest BCUT2D eigenvalue weighted by molar-refractivity contribution is 0.668. The molecular weight excluding hydrogens is 749 g/mol. The molecule has 9 aromatic carbocycles. The van der Waals surface area contributed by atoms with Gasteiger partial charge in [-0.05, 0) is 81.6 Å². The average molecular weight is 779 g/mol. The van der Waals surface area contributed by atoms with Gasteiger partial charge in [-0.2, -0.15) is 0 Å². The molecule has 0 fully saturated rings. The van der Waals surface area contributed by atoms with Gasteiger partial charge in [-0.1, -0.05) is 133 Å². The van der Waals surface area contributed by atoms with Crippen molar-refractivity contribution < 1.29 is 8.83 Å². The molecule has 1 aliphatic rings. The normalized spacial score (nSPS) is 12.3. The van der Waals surface area contributed by atoms with Crippen LogP contribution in [0.15, 0.2) is 191 Å². The molecule has 6 nitrogen and oxygen atoms in total. The van der Waals surface area contributed by atoms with E-state index in [9.17, 15) is 0 Å². The van der Waals surface area contributed by atoms with Crippen molar-refractivity contribution in [1.29, 1.82) is 0 Å². The van der Waals surface area contributed by atoms with Gasteiger partial charge in [0, 0.05) is 49.1 Å². The third kappa shape index (κ3) is 4.53. The highest BCUT2D eigenvalue weighted by atomic mass is 16.3. The van der Waals surface area contributed by atoms with E-state index >= 15 is 0 Å². The molecule has 0 N–H and O–H groups in total. The van der Waals surface area contributed by atoms with E-state index in [-0.39, 0.29) is 0 Å². The van der Waals surface area contributed by atoms with Crippen LogP contribution in [0.4, 0.5) is 0 Å². The Balaban J connectivity index is 1.03. The van der Waals surface area contributed by atoms with Crippen molar-refractivity contribution in [2.24, 2.45) is 0 Å². The first-order chi connectivity index (χ1) is 30.2. The van der Waals surface area contributed by atoms with Crippen LogP contribution >= 0.6 is 0 Å². The molecule has 0 unspecified atom stereocenters. The van der Waals surface area contributed by atoms with Crippen LogP contribution in [0.2, 0.25) is 0 Å². The lowest BCUT2D eigenvalue weighted by atomic mass is 9.93. The molecule has 0 saturated carbocycles. The predicted octanol–water partition coefficient (Wildman–Crippen LogP) is 14.6. The number of hydrogen-bond donors (Lipinski definition) is 0. The molecule has 13 aromatic rings. The molecular formula is C55H30N4O2. The van der Waals surface area contributed by atoms with Crippen LogP contribution in [0.25, 0.3) is 139 Å². The summed E-state index contributed by atoms with van der Waals surface area (Å²) in [6, 6.07) is 63.8. The van der Waals surface area contributed by atoms with Gasteiger partial charge in [0.15, 0.2) is 17.5 Å². The van der Waals surface area contributed by atoms with Crippen molar-refractivity contribution in [1.82, 2.24) is 19.5 Å². The van der Waals surface area contributed by atoms with E-state index in [0.717, 1.165) is 77.3 Å². The molecule has 0 radical (unpaired) electrons. The minimum atomic E-state index is 0.537. The Morgan fingerprint density at radius 3 is 1.85 bits per heavy atom. The molecule has 1 aliphatic carbocycles. The molecule has 4 aromatic heterocycles. The van der Waals surface area contributed by atoms with Gasteiger partial charge in [0.1, 0.15) is 22.3 Å². The SMILES string of the molecule is c1ccc(-c2nc(-c3cccc4c3oc3ccccc34)nc(-c3cccc4oc5ccc(-n6c7cccc8c7c7c9c(cccc9ccc76)-c6ccccc6-8)cc5c34)n2)cc1. The number of para-hydroxylation sites is 2. The van der Waals surface area contributed by atoms with Gasteiger partial charge in [-0.15, -0.1) is 0 Å². The van der Waals surface area contributed by atoms with E-state index in [2.05, 4.69) is 114 Å². The Hall–Kier alpha value is -8.35. The molecule has 0 bridgehead atoms. The highest BCUT2D eigenvalue weighted by Gasteiger charge is 2.26. The maximum atomic E-state index is 6.63. The Morgan fingerprint density at radius 1 is 0.344 bits per heavy atom. The minimum absolute atomic E-state index is 0.537. The fourth-order valence-corrected chi connectivity index (χ4v) is 10.0. The highest BCUT2D eigenvalue weighted by molar-refractivity contribution is 6.30. The second kappa shape index (κ2) is 12.1. The Bertz CT molecular complexity index is 4010. The molecule has 0 atom stereocenters. The molecule has 6 heteroatoms. The first kappa shape index (κ1) is 32.6. The summed E-state index contributed by atoms with van der Waals surface area (Å²) in [5, 5.41) is 9.07. The third-order valence-corrected chi connectivity index (χ3v) is 12.6. The van der Waals surface area contributed by atoms with Gasteiger partial charge in [-0.3, -0.25) is 0 Å². The zero-order chi connectivity index (χ0) is 39.8. The van der Waals surface area contributed by atoms with E-state index in [1.807, 2.05) is 72.8 Å². The fourth-order valence-electron chi connectivity index (χ4n) is 10.0. The molecule has 14 rings (SSSR count). The molecule has 0 aliphatic heterocycles. The number of rotatable bonds is 4. The summed E-state index contributed by atoms with van der Waals surface area (Å²) in [4.78, 5) is 15.5. The smallest absolute Gasteiger partial charge is 0.167 e. The summed E-state index contributed by atoms with van der Waals surface area (Å²) in [5.41, 5.74) is 14.1. The third-order valence-electron chi connectivity index (χ3n) is 12.6. The number of nitrogens with zero attached hydrogens (tertiary/aromatic N) is 4. The first-order valence-electron chi connectivity index (χ1n) is 20.5. The Morgan fingerprint density at radius 2 is 0.967 bits per heavy atom. The number of furan rings is 2. The van der Waals surface area contributed by atoms with Gasteiger partial charge in [0.25, 0.3) is 0 Å². The maximum absolute atomic E-state index is 6.63. The van der Waals surface area contributed by atoms with Crippen molar-refractivity contribution >= 4 is 76.5 Å². The summed E-state index contributed by atoms with van der Waals surface area (Å²) < 4.78 is 15.5. The lowest BCUT2D eigenvalue weighted by Crippen LogP contribution is -2.00. The van der Waals surface area contributed by atoms with Gasteiger partial charge < -0.3 is 13.4 Å². The van der Waals surface area contributed by atoms with Gasteiger partial charge in [-0.25, -0.2) is 15.0 Å². The molecule has 282 valence electrons. The molecule has 0 spiro atoms. The van der Waals surface area contributed by atoms with Crippen LogP contribution in [0, 0.1) is 0 Å². The Labute approximate surface area is 347 Å². The van der Waals surface area contributed by atoms with Crippen molar-refractivity contribution in [3.05, 3.63) is 182 Å². The zero-order valence-electron chi connectivity index (χ0n) is 32.4. The van der Waals surface area contributed by atoms with Crippen LogP contribution in [0.1, 0.15) is 0 Å². The van der Waals surface area contributed by atoms with Crippen LogP contribution < -0.4 is 0 Å². The number of fused-ring (bicyclic) bond motifs is 9. The number of benzene rings is 9. The molecule has 4 heterocycles. The van der Waals surface area contributed by atoms with Crippen molar-refractivity contribution in [2.75, 3.05) is 0 Å². The van der Waals surface area contributed by atoms with E-state index in [1.165, 1.54) is 43.8 Å². The number of aromatic nitrogens is 4. The fraction of sp³-hybridized carbons (Fsp3) is 0. The topological polar surface area (TPSA) is 69.9 Å². The van der Waals surface area contributed by atoms with E-state index in [0.29, 0.717) is 17.5 Å². The lowest BCUT2D eigenvalue weighted by Gasteiger charge is -2.13. The quantitative estimate of drug-likeness (QED) is 0.178. The summed E-state index contributed by atoms with van der Waals surface area (Å²) in [5.74, 6) is 1.67. The first-order valence-corrected chi connectivity index (χ1v) is 20.5. The Kier molecular flexibility index (Phi) is 6.46. The van der Waals surface area contributed by atoms with E-state index in [1.54, 1.807) is 0 Å². The van der Waals surface area contributed by atoms with Gasteiger partial charge in [0.05, 0.1) is 16.6 Å². The maximum Gasteiger partial charge on any atom is 0.167 e. The monoisotopic (exact) mass is 778 g/mol. The summed E-state index contributed by atoms with van der Waals surface area (Å²) in [6.45, 7) is 0. The van der Waals surface area contributed by atoms with E-state index < -0.39 is 0 Å². The highest BCUT2D eigenvalue weighted by Crippen LogP contribution is 2.50. The summed E-state index contributed by atoms with van der Waals surface area (Å²) >= 11 is 0. The zero-order valence-corrected chi connectivity index (χ0v) is 32.4. The average Bonchev–Trinajstić information content (AvgIpc) is 3.98. The van der Waals surface area contributed by atoms with Crippen molar-refractivity contribution in [3.63, 3.8) is 0 Å². The largest absolute Gasteiger partial charge is 0.456 e. The summed E-state index contributed by atoms with van der Waals surface area (Å²) in [7, 11) is 0.